The van der Waals surface area contributed by atoms with Crippen LogP contribution < -0.4 is 5.32 Å². The number of rotatable bonds is 7. The second-order valence-electron chi connectivity index (χ2n) is 5.74. The van der Waals surface area contributed by atoms with Gasteiger partial charge in [-0.2, -0.15) is 0 Å². The Kier molecular flexibility index (Phi) is 5.75. The van der Waals surface area contributed by atoms with Gasteiger partial charge in [-0.1, -0.05) is 13.8 Å². The van der Waals surface area contributed by atoms with Crippen LogP contribution in [0.15, 0.2) is 0 Å². The third-order valence-electron chi connectivity index (χ3n) is 3.34. The summed E-state index contributed by atoms with van der Waals surface area (Å²) in [5, 5.41) is 20.4. The minimum atomic E-state index is -1.02. The quantitative estimate of drug-likeness (QED) is 0.629. The lowest BCUT2D eigenvalue weighted by Gasteiger charge is -2.25. The molecule has 1 saturated heterocycles. The molecule has 0 aliphatic carbocycles. The molecule has 0 saturated carbocycles. The van der Waals surface area contributed by atoms with Crippen molar-refractivity contribution in [2.24, 2.45) is 5.41 Å². The number of carboxylic acids is 1. The van der Waals surface area contributed by atoms with Crippen LogP contribution in [0, 0.1) is 5.41 Å². The molecule has 1 amide bonds. The van der Waals surface area contributed by atoms with Gasteiger partial charge in [0, 0.05) is 13.2 Å². The average molecular weight is 273 g/mol. The molecule has 1 fully saturated rings. The Morgan fingerprint density at radius 2 is 1.95 bits per heavy atom. The van der Waals surface area contributed by atoms with Gasteiger partial charge < -0.3 is 20.3 Å². The van der Waals surface area contributed by atoms with Crippen molar-refractivity contribution in [1.82, 2.24) is 5.32 Å². The van der Waals surface area contributed by atoms with Crippen LogP contribution in [0.4, 0.5) is 0 Å². The highest BCUT2D eigenvalue weighted by Gasteiger charge is 2.35. The number of amides is 1. The van der Waals surface area contributed by atoms with E-state index in [1.807, 2.05) is 13.8 Å². The summed E-state index contributed by atoms with van der Waals surface area (Å²) in [6.07, 6.45) is 0.811. The van der Waals surface area contributed by atoms with E-state index in [0.717, 1.165) is 6.42 Å². The van der Waals surface area contributed by atoms with Crippen LogP contribution in [-0.4, -0.2) is 47.4 Å². The molecule has 3 N–H and O–H groups in total. The Bertz CT molecular complexity index is 329. The highest BCUT2D eigenvalue weighted by molar-refractivity contribution is 5.82. The number of ether oxygens (including phenoxy) is 1. The van der Waals surface area contributed by atoms with E-state index in [4.69, 9.17) is 14.9 Å². The summed E-state index contributed by atoms with van der Waals surface area (Å²) < 4.78 is 5.18. The summed E-state index contributed by atoms with van der Waals surface area (Å²) in [5.41, 5.74) is -0.0941. The first kappa shape index (κ1) is 15.9. The average Bonchev–Trinajstić information content (AvgIpc) is 2.83. The monoisotopic (exact) mass is 273 g/mol. The molecule has 110 valence electrons. The van der Waals surface area contributed by atoms with Crippen LogP contribution in [0.2, 0.25) is 0 Å². The number of carbonyl (C=O) groups is 2. The molecule has 0 aromatic carbocycles. The number of aliphatic hydroxyl groups is 1. The van der Waals surface area contributed by atoms with Crippen molar-refractivity contribution in [1.29, 1.82) is 0 Å². The van der Waals surface area contributed by atoms with Crippen molar-refractivity contribution in [2.45, 2.75) is 51.7 Å². The van der Waals surface area contributed by atoms with E-state index in [9.17, 15) is 9.59 Å². The molecule has 2 unspecified atom stereocenters. The van der Waals surface area contributed by atoms with Gasteiger partial charge in [-0.25, -0.2) is 4.79 Å². The van der Waals surface area contributed by atoms with E-state index in [1.165, 1.54) is 0 Å². The molecule has 0 aromatic heterocycles. The molecule has 1 rings (SSSR count). The lowest BCUT2D eigenvalue weighted by atomic mass is 9.88. The SMILES string of the molecule is CC(C)(CCCO)CNC(=O)C1CCC(C(=O)O)O1. The van der Waals surface area contributed by atoms with Gasteiger partial charge in [0.25, 0.3) is 0 Å². The maximum Gasteiger partial charge on any atom is 0.332 e. The second-order valence-corrected chi connectivity index (χ2v) is 5.74. The predicted octanol–water partition coefficient (Wildman–Crippen LogP) is 0.533. The molecule has 6 heteroatoms. The lowest BCUT2D eigenvalue weighted by molar-refractivity contribution is -0.151. The Balaban J connectivity index is 2.34. The molecule has 1 aliphatic rings. The van der Waals surface area contributed by atoms with Crippen molar-refractivity contribution in [3.8, 4) is 0 Å². The normalized spacial score (nSPS) is 23.3. The first-order chi connectivity index (χ1) is 8.85. The van der Waals surface area contributed by atoms with Gasteiger partial charge in [-0.15, -0.1) is 0 Å². The maximum absolute atomic E-state index is 11.9. The molecule has 2 atom stereocenters. The number of aliphatic hydroxyl groups excluding tert-OH is 1. The summed E-state index contributed by atoms with van der Waals surface area (Å²) in [6, 6.07) is 0. The maximum atomic E-state index is 11.9. The van der Waals surface area contributed by atoms with Crippen molar-refractivity contribution >= 4 is 11.9 Å². The van der Waals surface area contributed by atoms with E-state index in [-0.39, 0.29) is 17.9 Å². The van der Waals surface area contributed by atoms with E-state index < -0.39 is 18.2 Å². The summed E-state index contributed by atoms with van der Waals surface area (Å²) >= 11 is 0. The minimum Gasteiger partial charge on any atom is -0.479 e. The topological polar surface area (TPSA) is 95.9 Å². The zero-order chi connectivity index (χ0) is 14.5. The molecule has 0 radical (unpaired) electrons. The fourth-order valence-corrected chi connectivity index (χ4v) is 2.10. The number of hydrogen-bond donors (Lipinski definition) is 3. The first-order valence-electron chi connectivity index (χ1n) is 6.62. The standard InChI is InChI=1S/C13H23NO5/c1-13(2,6-3-7-15)8-14-11(16)9-4-5-10(19-9)12(17)18/h9-10,15H,3-8H2,1-2H3,(H,14,16)(H,17,18). The molecular formula is C13H23NO5. The van der Waals surface area contributed by atoms with E-state index in [1.54, 1.807) is 0 Å². The van der Waals surface area contributed by atoms with Crippen LogP contribution in [0.1, 0.15) is 39.5 Å². The number of aliphatic carboxylic acids is 1. The third-order valence-corrected chi connectivity index (χ3v) is 3.34. The number of hydrogen-bond acceptors (Lipinski definition) is 4. The van der Waals surface area contributed by atoms with Crippen molar-refractivity contribution in [3.05, 3.63) is 0 Å². The van der Waals surface area contributed by atoms with E-state index in [2.05, 4.69) is 5.32 Å². The molecule has 6 nitrogen and oxygen atoms in total. The summed E-state index contributed by atoms with van der Waals surface area (Å²) in [5.74, 6) is -1.26. The van der Waals surface area contributed by atoms with Crippen molar-refractivity contribution in [2.75, 3.05) is 13.2 Å². The van der Waals surface area contributed by atoms with Gasteiger partial charge in [0.15, 0.2) is 6.10 Å². The third kappa shape index (κ3) is 5.16. The van der Waals surface area contributed by atoms with Crippen LogP contribution >= 0.6 is 0 Å². The smallest absolute Gasteiger partial charge is 0.332 e. The Hall–Kier alpha value is -1.14. The highest BCUT2D eigenvalue weighted by atomic mass is 16.5. The number of nitrogens with one attached hydrogen (secondary N) is 1. The fraction of sp³-hybridized carbons (Fsp3) is 0.846. The molecule has 1 heterocycles. The van der Waals surface area contributed by atoms with Gasteiger partial charge in [0.2, 0.25) is 5.91 Å². The van der Waals surface area contributed by atoms with Crippen molar-refractivity contribution in [3.63, 3.8) is 0 Å². The fourth-order valence-electron chi connectivity index (χ4n) is 2.10. The van der Waals surface area contributed by atoms with Gasteiger partial charge in [0.05, 0.1) is 0 Å². The second kappa shape index (κ2) is 6.86. The van der Waals surface area contributed by atoms with Gasteiger partial charge >= 0.3 is 5.97 Å². The lowest BCUT2D eigenvalue weighted by Crippen LogP contribution is -2.40. The molecule has 0 aromatic rings. The number of carboxylic acid groups (broad SMARTS) is 1. The van der Waals surface area contributed by atoms with Gasteiger partial charge in [0.1, 0.15) is 6.10 Å². The number of carbonyl (C=O) groups excluding carboxylic acids is 1. The van der Waals surface area contributed by atoms with Gasteiger partial charge in [-0.05, 0) is 31.1 Å². The molecule has 1 aliphatic heterocycles. The van der Waals surface area contributed by atoms with Crippen LogP contribution in [0.25, 0.3) is 0 Å². The molecule has 19 heavy (non-hydrogen) atoms. The largest absolute Gasteiger partial charge is 0.479 e. The Morgan fingerprint density at radius 1 is 1.32 bits per heavy atom. The molecular weight excluding hydrogens is 250 g/mol. The molecule has 0 bridgehead atoms. The van der Waals surface area contributed by atoms with Crippen LogP contribution in [-0.2, 0) is 14.3 Å². The predicted molar refractivity (Wildman–Crippen MR) is 68.6 cm³/mol. The zero-order valence-corrected chi connectivity index (χ0v) is 11.5. The summed E-state index contributed by atoms with van der Waals surface area (Å²) in [4.78, 5) is 22.6. The minimum absolute atomic E-state index is 0.0941. The first-order valence-corrected chi connectivity index (χ1v) is 6.62. The van der Waals surface area contributed by atoms with Gasteiger partial charge in [-0.3, -0.25) is 4.79 Å². The Morgan fingerprint density at radius 3 is 2.47 bits per heavy atom. The van der Waals surface area contributed by atoms with E-state index in [0.29, 0.717) is 25.8 Å². The summed E-state index contributed by atoms with van der Waals surface area (Å²) in [6.45, 7) is 4.66. The Labute approximate surface area is 113 Å². The molecule has 0 spiro atoms. The van der Waals surface area contributed by atoms with Crippen LogP contribution in [0.3, 0.4) is 0 Å². The van der Waals surface area contributed by atoms with E-state index >= 15 is 0 Å². The zero-order valence-electron chi connectivity index (χ0n) is 11.5. The highest BCUT2D eigenvalue weighted by Crippen LogP contribution is 2.23. The summed E-state index contributed by atoms with van der Waals surface area (Å²) in [7, 11) is 0. The van der Waals surface area contributed by atoms with Crippen molar-refractivity contribution < 1.29 is 24.5 Å². The van der Waals surface area contributed by atoms with Crippen LogP contribution in [0.5, 0.6) is 0 Å².